The Morgan fingerprint density at radius 3 is 2.47 bits per heavy atom. The van der Waals surface area contributed by atoms with E-state index in [0.29, 0.717) is 34.5 Å². The summed E-state index contributed by atoms with van der Waals surface area (Å²) >= 11 is 6.20. The van der Waals surface area contributed by atoms with Crippen molar-refractivity contribution in [2.45, 2.75) is 46.8 Å². The highest BCUT2D eigenvalue weighted by molar-refractivity contribution is 6.31. The molecule has 8 nitrogen and oxygen atoms in total. The van der Waals surface area contributed by atoms with Crippen LogP contribution in [0.1, 0.15) is 36.5 Å². The third-order valence-corrected chi connectivity index (χ3v) is 6.33. The first-order chi connectivity index (χ1) is 17.2. The molecule has 0 aliphatic carbocycles. The maximum atomic E-state index is 13.5. The number of hydrogen-bond donors (Lipinski definition) is 1. The second kappa shape index (κ2) is 11.0. The van der Waals surface area contributed by atoms with Gasteiger partial charge >= 0.3 is 6.03 Å². The molecule has 1 N–H and O–H groups in total. The van der Waals surface area contributed by atoms with Crippen LogP contribution in [0, 0.1) is 13.8 Å². The lowest BCUT2D eigenvalue weighted by molar-refractivity contribution is -0.133. The van der Waals surface area contributed by atoms with Crippen LogP contribution in [0.3, 0.4) is 0 Å². The highest BCUT2D eigenvalue weighted by Crippen LogP contribution is 2.33. The minimum atomic E-state index is -0.379. The summed E-state index contributed by atoms with van der Waals surface area (Å²) < 4.78 is 16.6. The van der Waals surface area contributed by atoms with Crippen molar-refractivity contribution in [3.63, 3.8) is 0 Å². The molecular formula is C27H30ClN3O5. The lowest BCUT2D eigenvalue weighted by Crippen LogP contribution is -2.47. The number of rotatable bonds is 8. The zero-order chi connectivity index (χ0) is 25.8. The number of furan rings is 1. The van der Waals surface area contributed by atoms with E-state index in [1.807, 2.05) is 64.1 Å². The minimum absolute atomic E-state index is 0.104. The Bertz CT molecular complexity index is 1260. The number of carbonyl (C=O) groups excluding carboxylic acids is 2. The summed E-state index contributed by atoms with van der Waals surface area (Å²) in [5.41, 5.74) is 2.36. The van der Waals surface area contributed by atoms with Gasteiger partial charge in [0.25, 0.3) is 0 Å². The molecule has 36 heavy (non-hydrogen) atoms. The first-order valence-electron chi connectivity index (χ1n) is 11.7. The average molecular weight is 512 g/mol. The number of anilines is 1. The van der Waals surface area contributed by atoms with Gasteiger partial charge < -0.3 is 29.0 Å². The normalized spacial score (nSPS) is 12.1. The number of nitrogens with one attached hydrogen (secondary N) is 1. The molecule has 0 unspecified atom stereocenters. The van der Waals surface area contributed by atoms with Crippen LogP contribution in [0.4, 0.5) is 10.5 Å². The summed E-state index contributed by atoms with van der Waals surface area (Å²) in [6.45, 7) is 8.14. The topological polar surface area (TPSA) is 84.2 Å². The Kier molecular flexibility index (Phi) is 7.74. The summed E-state index contributed by atoms with van der Waals surface area (Å²) in [7, 11) is 0. The van der Waals surface area contributed by atoms with Gasteiger partial charge in [-0.05, 0) is 75.2 Å². The van der Waals surface area contributed by atoms with Crippen LogP contribution in [0.25, 0.3) is 0 Å². The van der Waals surface area contributed by atoms with E-state index >= 15 is 0 Å². The summed E-state index contributed by atoms with van der Waals surface area (Å²) in [6.07, 6.45) is 0. The fraction of sp³-hybridized carbons (Fsp3) is 0.333. The quantitative estimate of drug-likeness (QED) is 0.416. The van der Waals surface area contributed by atoms with Crippen LogP contribution < -0.4 is 14.8 Å². The van der Waals surface area contributed by atoms with Crippen molar-refractivity contribution in [2.24, 2.45) is 0 Å². The molecule has 0 saturated carbocycles. The van der Waals surface area contributed by atoms with E-state index < -0.39 is 0 Å². The second-order valence-corrected chi connectivity index (χ2v) is 9.47. The van der Waals surface area contributed by atoms with Crippen LogP contribution in [-0.2, 0) is 17.9 Å². The molecule has 0 atom stereocenters. The molecule has 4 rings (SSSR count). The van der Waals surface area contributed by atoms with Crippen LogP contribution in [0.5, 0.6) is 11.5 Å². The highest BCUT2D eigenvalue weighted by Gasteiger charge is 2.25. The zero-order valence-electron chi connectivity index (χ0n) is 20.8. The number of nitrogens with zero attached hydrogens (tertiary/aromatic N) is 2. The number of urea groups is 1. The first kappa shape index (κ1) is 25.4. The van der Waals surface area contributed by atoms with E-state index in [9.17, 15) is 9.59 Å². The Labute approximate surface area is 215 Å². The van der Waals surface area contributed by atoms with E-state index in [4.69, 9.17) is 25.5 Å². The lowest BCUT2D eigenvalue weighted by atomic mass is 10.1. The Morgan fingerprint density at radius 1 is 1.00 bits per heavy atom. The molecule has 0 saturated heterocycles. The molecule has 3 amide bonds. The number of fused-ring (bicyclic) bond motifs is 1. The maximum absolute atomic E-state index is 13.5. The fourth-order valence-corrected chi connectivity index (χ4v) is 4.03. The number of ether oxygens (including phenoxy) is 2. The van der Waals surface area contributed by atoms with E-state index in [2.05, 4.69) is 5.32 Å². The minimum Gasteiger partial charge on any atom is -0.464 e. The van der Waals surface area contributed by atoms with Crippen molar-refractivity contribution in [2.75, 3.05) is 18.7 Å². The van der Waals surface area contributed by atoms with E-state index in [0.717, 1.165) is 16.9 Å². The van der Waals surface area contributed by atoms with Gasteiger partial charge in [0.1, 0.15) is 18.1 Å². The fourth-order valence-electron chi connectivity index (χ4n) is 3.85. The molecule has 1 aliphatic rings. The van der Waals surface area contributed by atoms with E-state index in [1.54, 1.807) is 17.0 Å². The number of hydrogen-bond acceptors (Lipinski definition) is 5. The molecule has 3 aromatic rings. The summed E-state index contributed by atoms with van der Waals surface area (Å²) in [5, 5.41) is 3.41. The van der Waals surface area contributed by atoms with Crippen molar-refractivity contribution in [1.82, 2.24) is 9.80 Å². The molecule has 0 spiro atoms. The van der Waals surface area contributed by atoms with Crippen molar-refractivity contribution in [3.05, 3.63) is 76.2 Å². The molecule has 190 valence electrons. The number of aryl methyl sites for hydroxylation is 2. The third-order valence-electron chi connectivity index (χ3n) is 5.92. The summed E-state index contributed by atoms with van der Waals surface area (Å²) in [6, 6.07) is 14.0. The maximum Gasteiger partial charge on any atom is 0.322 e. The highest BCUT2D eigenvalue weighted by atomic mass is 35.5. The van der Waals surface area contributed by atoms with Crippen LogP contribution >= 0.6 is 11.6 Å². The van der Waals surface area contributed by atoms with Gasteiger partial charge in [-0.2, -0.15) is 0 Å². The van der Waals surface area contributed by atoms with Gasteiger partial charge in [0.15, 0.2) is 11.5 Å². The van der Waals surface area contributed by atoms with E-state index in [1.165, 1.54) is 4.90 Å². The molecule has 0 fully saturated rings. The van der Waals surface area contributed by atoms with Gasteiger partial charge in [0.2, 0.25) is 12.7 Å². The molecule has 1 aliphatic heterocycles. The number of amides is 3. The molecule has 2 aromatic carbocycles. The van der Waals surface area contributed by atoms with E-state index in [-0.39, 0.29) is 37.9 Å². The monoisotopic (exact) mass is 511 g/mol. The zero-order valence-corrected chi connectivity index (χ0v) is 21.6. The third kappa shape index (κ3) is 6.12. The predicted molar refractivity (Wildman–Crippen MR) is 137 cm³/mol. The van der Waals surface area contributed by atoms with Crippen LogP contribution in [0.2, 0.25) is 5.02 Å². The van der Waals surface area contributed by atoms with Gasteiger partial charge in [0.05, 0.1) is 6.54 Å². The predicted octanol–water partition coefficient (Wildman–Crippen LogP) is 5.75. The SMILES string of the molecule is Cc1ccc(CN(Cc2ccc3c(c2)OCO3)C(=O)CN(C(=O)Nc2ccc(C)c(Cl)c2)C(C)C)o1. The molecule has 0 bridgehead atoms. The van der Waals surface area contributed by atoms with Crippen LogP contribution in [0.15, 0.2) is 52.9 Å². The van der Waals surface area contributed by atoms with Gasteiger partial charge in [-0.25, -0.2) is 4.79 Å². The molecule has 1 aromatic heterocycles. The standard InChI is InChI=1S/C27H30ClN3O5/c1-17(2)31(27(33)29-21-8-5-18(3)23(28)12-21)15-26(32)30(14-22-9-6-19(4)36-22)13-20-7-10-24-25(11-20)35-16-34-24/h5-12,17H,13-16H2,1-4H3,(H,29,33). The molecule has 9 heteroatoms. The van der Waals surface area contributed by atoms with Gasteiger partial charge in [-0.1, -0.05) is 23.7 Å². The Hall–Kier alpha value is -3.65. The van der Waals surface area contributed by atoms with Gasteiger partial charge in [0, 0.05) is 23.3 Å². The Balaban J connectivity index is 1.51. The number of carbonyl (C=O) groups is 2. The lowest BCUT2D eigenvalue weighted by Gasteiger charge is -2.30. The molecule has 2 heterocycles. The molecular weight excluding hydrogens is 482 g/mol. The first-order valence-corrected chi connectivity index (χ1v) is 12.1. The number of halogens is 1. The largest absolute Gasteiger partial charge is 0.464 e. The van der Waals surface area contributed by atoms with Crippen LogP contribution in [-0.4, -0.2) is 41.1 Å². The van der Waals surface area contributed by atoms with Crippen molar-refractivity contribution in [1.29, 1.82) is 0 Å². The summed E-state index contributed by atoms with van der Waals surface area (Å²) in [4.78, 5) is 29.8. The number of benzene rings is 2. The Morgan fingerprint density at radius 2 is 1.78 bits per heavy atom. The smallest absolute Gasteiger partial charge is 0.322 e. The second-order valence-electron chi connectivity index (χ2n) is 9.07. The van der Waals surface area contributed by atoms with Crippen molar-refractivity contribution >= 4 is 29.2 Å². The average Bonchev–Trinajstić information content (AvgIpc) is 3.47. The summed E-state index contributed by atoms with van der Waals surface area (Å²) in [5.74, 6) is 2.54. The van der Waals surface area contributed by atoms with Gasteiger partial charge in [-0.15, -0.1) is 0 Å². The van der Waals surface area contributed by atoms with Crippen molar-refractivity contribution in [3.8, 4) is 11.5 Å². The molecule has 0 radical (unpaired) electrons. The van der Waals surface area contributed by atoms with Crippen molar-refractivity contribution < 1.29 is 23.5 Å². The van der Waals surface area contributed by atoms with Gasteiger partial charge in [-0.3, -0.25) is 4.79 Å².